The summed E-state index contributed by atoms with van der Waals surface area (Å²) in [7, 11) is 2.08. The highest BCUT2D eigenvalue weighted by Gasteiger charge is 2.30. The quantitative estimate of drug-likeness (QED) is 0.643. The van der Waals surface area contributed by atoms with Gasteiger partial charge >= 0.3 is 0 Å². The Labute approximate surface area is 173 Å². The van der Waals surface area contributed by atoms with Crippen LogP contribution in [0.4, 0.5) is 10.3 Å². The molecule has 2 aromatic heterocycles. The molecule has 0 spiro atoms. The Hall–Kier alpha value is -2.58. The predicted octanol–water partition coefficient (Wildman–Crippen LogP) is 3.18. The Morgan fingerprint density at radius 2 is 1.83 bits per heavy atom. The van der Waals surface area contributed by atoms with Crippen LogP contribution in [0.15, 0.2) is 30.6 Å². The Bertz CT molecular complexity index is 1030. The number of aromatic nitrogens is 5. The number of rotatable bonds is 2. The first-order chi connectivity index (χ1) is 14.1. The second-order valence-electron chi connectivity index (χ2n) is 7.72. The van der Waals surface area contributed by atoms with E-state index >= 15 is 0 Å². The zero-order valence-corrected chi connectivity index (χ0v) is 16.8. The molecule has 0 N–H and O–H groups in total. The smallest absolute Gasteiger partial charge is 0.225 e. The third kappa shape index (κ3) is 3.47. The van der Waals surface area contributed by atoms with Crippen LogP contribution in [0.5, 0.6) is 0 Å². The maximum absolute atomic E-state index is 13.1. The number of benzene rings is 1. The molecule has 7 nitrogen and oxygen atoms in total. The first-order valence-corrected chi connectivity index (χ1v) is 10.1. The minimum absolute atomic E-state index is 0.292. The average Bonchev–Trinajstić information content (AvgIpc) is 3.06. The van der Waals surface area contributed by atoms with Gasteiger partial charge in [-0.15, -0.1) is 10.2 Å². The summed E-state index contributed by atoms with van der Waals surface area (Å²) in [5.41, 5.74) is 2.29. The van der Waals surface area contributed by atoms with Crippen LogP contribution in [0.3, 0.4) is 0 Å². The van der Waals surface area contributed by atoms with Crippen molar-refractivity contribution in [2.45, 2.75) is 31.8 Å². The van der Waals surface area contributed by atoms with Gasteiger partial charge in [0.05, 0.1) is 24.6 Å². The van der Waals surface area contributed by atoms with Gasteiger partial charge in [-0.1, -0.05) is 11.6 Å². The number of hydrogen-bond donors (Lipinski definition) is 0. The number of nitrogens with zero attached hydrogens (tertiary/aromatic N) is 7. The summed E-state index contributed by atoms with van der Waals surface area (Å²) in [6.45, 7) is 3.15. The SMILES string of the molecule is CN1Cc2cc(Cl)ccc2-n2c(nnc2C2CCN(c3ncc(F)cn3)CC2)C1. The number of halogens is 2. The number of hydrogen-bond acceptors (Lipinski definition) is 6. The Balaban J connectivity index is 1.43. The minimum atomic E-state index is -0.418. The Morgan fingerprint density at radius 3 is 2.59 bits per heavy atom. The van der Waals surface area contributed by atoms with Gasteiger partial charge in [0, 0.05) is 30.6 Å². The lowest BCUT2D eigenvalue weighted by atomic mass is 9.95. The fourth-order valence-electron chi connectivity index (χ4n) is 4.25. The van der Waals surface area contributed by atoms with E-state index in [1.165, 1.54) is 18.0 Å². The molecule has 0 aliphatic carbocycles. The molecular formula is C20H21ClFN7. The Kier molecular flexibility index (Phi) is 4.67. The van der Waals surface area contributed by atoms with Gasteiger partial charge < -0.3 is 4.90 Å². The first-order valence-electron chi connectivity index (χ1n) is 9.72. The summed E-state index contributed by atoms with van der Waals surface area (Å²) in [6.07, 6.45) is 4.26. The molecule has 1 fully saturated rings. The summed E-state index contributed by atoms with van der Waals surface area (Å²) >= 11 is 6.25. The summed E-state index contributed by atoms with van der Waals surface area (Å²) in [4.78, 5) is 12.5. The van der Waals surface area contributed by atoms with Crippen molar-refractivity contribution in [3.8, 4) is 5.69 Å². The van der Waals surface area contributed by atoms with E-state index in [9.17, 15) is 4.39 Å². The zero-order chi connectivity index (χ0) is 20.0. The van der Waals surface area contributed by atoms with Crippen molar-refractivity contribution in [3.63, 3.8) is 0 Å². The minimum Gasteiger partial charge on any atom is -0.341 e. The van der Waals surface area contributed by atoms with Crippen molar-refractivity contribution in [1.82, 2.24) is 29.6 Å². The van der Waals surface area contributed by atoms with Crippen molar-refractivity contribution in [2.75, 3.05) is 25.0 Å². The summed E-state index contributed by atoms with van der Waals surface area (Å²) in [5.74, 6) is 2.40. The number of fused-ring (bicyclic) bond motifs is 3. The third-order valence-electron chi connectivity index (χ3n) is 5.64. The largest absolute Gasteiger partial charge is 0.341 e. The van der Waals surface area contributed by atoms with Crippen molar-refractivity contribution in [3.05, 3.63) is 58.6 Å². The van der Waals surface area contributed by atoms with E-state index in [0.29, 0.717) is 11.9 Å². The second kappa shape index (κ2) is 7.35. The molecule has 0 amide bonds. The molecule has 4 heterocycles. The number of anilines is 1. The lowest BCUT2D eigenvalue weighted by molar-refractivity contribution is 0.315. The highest BCUT2D eigenvalue weighted by Crippen LogP contribution is 2.33. The second-order valence-corrected chi connectivity index (χ2v) is 8.15. The van der Waals surface area contributed by atoms with E-state index in [0.717, 1.165) is 61.4 Å². The van der Waals surface area contributed by atoms with Gasteiger partial charge in [-0.05, 0) is 43.7 Å². The molecular weight excluding hydrogens is 393 g/mol. The van der Waals surface area contributed by atoms with Gasteiger partial charge in [-0.25, -0.2) is 14.4 Å². The van der Waals surface area contributed by atoms with Gasteiger partial charge in [0.15, 0.2) is 11.6 Å². The predicted molar refractivity (Wildman–Crippen MR) is 108 cm³/mol. The molecule has 9 heteroatoms. The summed E-state index contributed by atoms with van der Waals surface area (Å²) in [6, 6.07) is 6.02. The molecule has 1 saturated heterocycles. The van der Waals surface area contributed by atoms with Crippen LogP contribution < -0.4 is 4.90 Å². The molecule has 0 atom stereocenters. The van der Waals surface area contributed by atoms with Crippen LogP contribution in [-0.4, -0.2) is 49.8 Å². The molecule has 0 bridgehead atoms. The molecule has 0 unspecified atom stereocenters. The van der Waals surface area contributed by atoms with Crippen LogP contribution in [0.25, 0.3) is 5.69 Å². The van der Waals surface area contributed by atoms with Gasteiger partial charge in [0.25, 0.3) is 0 Å². The third-order valence-corrected chi connectivity index (χ3v) is 5.87. The van der Waals surface area contributed by atoms with Crippen molar-refractivity contribution in [2.24, 2.45) is 0 Å². The summed E-state index contributed by atoms with van der Waals surface area (Å²) in [5, 5.41) is 9.83. The van der Waals surface area contributed by atoms with Crippen LogP contribution in [-0.2, 0) is 13.1 Å². The monoisotopic (exact) mass is 413 g/mol. The molecule has 29 heavy (non-hydrogen) atoms. The number of piperidine rings is 1. The fourth-order valence-corrected chi connectivity index (χ4v) is 4.45. The fraction of sp³-hybridized carbons (Fsp3) is 0.400. The van der Waals surface area contributed by atoms with Crippen molar-refractivity contribution >= 4 is 17.5 Å². The lowest BCUT2D eigenvalue weighted by Crippen LogP contribution is -2.34. The van der Waals surface area contributed by atoms with E-state index in [4.69, 9.17) is 11.6 Å². The van der Waals surface area contributed by atoms with Crippen molar-refractivity contribution in [1.29, 1.82) is 0 Å². The maximum atomic E-state index is 13.1. The molecule has 2 aliphatic rings. The summed E-state index contributed by atoms with van der Waals surface area (Å²) < 4.78 is 15.3. The van der Waals surface area contributed by atoms with Gasteiger partial charge in [-0.2, -0.15) is 0 Å². The van der Waals surface area contributed by atoms with E-state index in [1.807, 2.05) is 12.1 Å². The van der Waals surface area contributed by atoms with E-state index in [2.05, 4.69) is 47.6 Å². The maximum Gasteiger partial charge on any atom is 0.225 e. The van der Waals surface area contributed by atoms with Gasteiger partial charge in [0.1, 0.15) is 5.82 Å². The van der Waals surface area contributed by atoms with Crippen LogP contribution in [0.1, 0.15) is 36.0 Å². The molecule has 3 aromatic rings. The molecule has 0 radical (unpaired) electrons. The normalized spacial score (nSPS) is 17.7. The topological polar surface area (TPSA) is 63.0 Å². The molecule has 0 saturated carbocycles. The Morgan fingerprint density at radius 1 is 1.07 bits per heavy atom. The molecule has 2 aliphatic heterocycles. The lowest BCUT2D eigenvalue weighted by Gasteiger charge is -2.31. The molecule has 5 rings (SSSR count). The van der Waals surface area contributed by atoms with Gasteiger partial charge in [0.2, 0.25) is 5.95 Å². The highest BCUT2D eigenvalue weighted by molar-refractivity contribution is 6.30. The zero-order valence-electron chi connectivity index (χ0n) is 16.1. The van der Waals surface area contributed by atoms with Crippen LogP contribution in [0, 0.1) is 5.82 Å². The first kappa shape index (κ1) is 18.4. The van der Waals surface area contributed by atoms with Crippen molar-refractivity contribution < 1.29 is 4.39 Å². The van der Waals surface area contributed by atoms with E-state index in [1.54, 1.807) is 0 Å². The standard InChI is InChI=1S/C20H21ClFN7/c1-27-11-14-8-15(21)2-3-17(14)29-18(12-27)25-26-19(29)13-4-6-28(7-5-13)20-23-9-16(22)10-24-20/h2-3,8-10,13H,4-7,11-12H2,1H3. The van der Waals surface area contributed by atoms with E-state index < -0.39 is 5.82 Å². The van der Waals surface area contributed by atoms with E-state index in [-0.39, 0.29) is 0 Å². The molecule has 1 aromatic carbocycles. The average molecular weight is 414 g/mol. The van der Waals surface area contributed by atoms with Crippen LogP contribution in [0.2, 0.25) is 5.02 Å². The highest BCUT2D eigenvalue weighted by atomic mass is 35.5. The molecule has 150 valence electrons. The van der Waals surface area contributed by atoms with Gasteiger partial charge in [-0.3, -0.25) is 9.47 Å². The van der Waals surface area contributed by atoms with Crippen LogP contribution >= 0.6 is 11.6 Å².